The normalized spacial score (nSPS) is 19.4. The number of halogens is 3. The SMILES string of the molecule is Cl.O=C(O)C1CCCCN1CCc1c(F)cccc1Cl. The Morgan fingerprint density at radius 3 is 2.85 bits per heavy atom. The summed E-state index contributed by atoms with van der Waals surface area (Å²) in [6, 6.07) is 4.17. The lowest BCUT2D eigenvalue weighted by atomic mass is 10.0. The minimum atomic E-state index is -0.792. The summed E-state index contributed by atoms with van der Waals surface area (Å²) in [6.07, 6.45) is 3.04. The Morgan fingerprint density at radius 2 is 2.20 bits per heavy atom. The van der Waals surface area contributed by atoms with Gasteiger partial charge in [-0.2, -0.15) is 0 Å². The molecule has 1 aliphatic heterocycles. The Balaban J connectivity index is 0.00000200. The molecule has 1 aromatic rings. The Kier molecular flexibility index (Phi) is 6.72. The summed E-state index contributed by atoms with van der Waals surface area (Å²) in [5.41, 5.74) is 0.471. The monoisotopic (exact) mass is 321 g/mol. The fourth-order valence-electron chi connectivity index (χ4n) is 2.56. The second-order valence-electron chi connectivity index (χ2n) is 4.84. The number of carboxylic acids is 1. The van der Waals surface area contributed by atoms with Crippen LogP contribution in [0.15, 0.2) is 18.2 Å². The molecule has 0 bridgehead atoms. The van der Waals surface area contributed by atoms with Crippen LogP contribution in [-0.4, -0.2) is 35.1 Å². The minimum Gasteiger partial charge on any atom is -0.480 e. The molecule has 1 unspecified atom stereocenters. The zero-order valence-electron chi connectivity index (χ0n) is 11.0. The summed E-state index contributed by atoms with van der Waals surface area (Å²) < 4.78 is 13.6. The highest BCUT2D eigenvalue weighted by Crippen LogP contribution is 2.22. The molecule has 0 aromatic heterocycles. The summed E-state index contributed by atoms with van der Waals surface area (Å²) >= 11 is 5.97. The van der Waals surface area contributed by atoms with Crippen LogP contribution in [0.25, 0.3) is 0 Å². The zero-order chi connectivity index (χ0) is 13.8. The maximum atomic E-state index is 13.6. The highest BCUT2D eigenvalue weighted by Gasteiger charge is 2.28. The smallest absolute Gasteiger partial charge is 0.320 e. The van der Waals surface area contributed by atoms with E-state index in [0.717, 1.165) is 19.4 Å². The van der Waals surface area contributed by atoms with E-state index in [-0.39, 0.29) is 18.2 Å². The number of hydrogen-bond donors (Lipinski definition) is 1. The number of aliphatic carboxylic acids is 1. The first-order valence-electron chi connectivity index (χ1n) is 6.49. The molecule has 0 amide bonds. The van der Waals surface area contributed by atoms with Gasteiger partial charge < -0.3 is 5.11 Å². The Morgan fingerprint density at radius 1 is 1.45 bits per heavy atom. The van der Waals surface area contributed by atoms with E-state index in [2.05, 4.69) is 0 Å². The van der Waals surface area contributed by atoms with Crippen molar-refractivity contribution >= 4 is 30.0 Å². The lowest BCUT2D eigenvalue weighted by Gasteiger charge is -2.32. The average molecular weight is 322 g/mol. The van der Waals surface area contributed by atoms with Crippen LogP contribution in [0, 0.1) is 5.82 Å². The fourth-order valence-corrected chi connectivity index (χ4v) is 2.82. The zero-order valence-corrected chi connectivity index (χ0v) is 12.6. The van der Waals surface area contributed by atoms with Crippen molar-refractivity contribution in [2.75, 3.05) is 13.1 Å². The summed E-state index contributed by atoms with van der Waals surface area (Å²) in [6.45, 7) is 1.28. The number of carboxylic acid groups (broad SMARTS) is 1. The number of rotatable bonds is 4. The van der Waals surface area contributed by atoms with E-state index < -0.39 is 12.0 Å². The third-order valence-electron chi connectivity index (χ3n) is 3.61. The van der Waals surface area contributed by atoms with Gasteiger partial charge in [-0.3, -0.25) is 9.69 Å². The van der Waals surface area contributed by atoms with Crippen LogP contribution in [0.2, 0.25) is 5.02 Å². The van der Waals surface area contributed by atoms with Crippen LogP contribution >= 0.6 is 24.0 Å². The van der Waals surface area contributed by atoms with E-state index in [1.165, 1.54) is 6.07 Å². The molecule has 0 aliphatic carbocycles. The van der Waals surface area contributed by atoms with E-state index in [4.69, 9.17) is 11.6 Å². The van der Waals surface area contributed by atoms with E-state index in [1.807, 2.05) is 4.90 Å². The van der Waals surface area contributed by atoms with Gasteiger partial charge in [-0.15, -0.1) is 12.4 Å². The van der Waals surface area contributed by atoms with Gasteiger partial charge in [0, 0.05) is 17.1 Å². The molecule has 1 saturated heterocycles. The molecule has 1 fully saturated rings. The number of likely N-dealkylation sites (tertiary alicyclic amines) is 1. The van der Waals surface area contributed by atoms with Gasteiger partial charge in [-0.05, 0) is 37.9 Å². The topological polar surface area (TPSA) is 40.5 Å². The first-order valence-corrected chi connectivity index (χ1v) is 6.87. The molecule has 0 spiro atoms. The van der Waals surface area contributed by atoms with E-state index in [0.29, 0.717) is 30.0 Å². The van der Waals surface area contributed by atoms with Crippen LogP contribution in [0.1, 0.15) is 24.8 Å². The van der Waals surface area contributed by atoms with Gasteiger partial charge in [0.1, 0.15) is 11.9 Å². The van der Waals surface area contributed by atoms with Crippen molar-refractivity contribution < 1.29 is 14.3 Å². The number of piperidine rings is 1. The van der Waals surface area contributed by atoms with Gasteiger partial charge in [0.05, 0.1) is 0 Å². The Hall–Kier alpha value is -0.840. The quantitative estimate of drug-likeness (QED) is 0.924. The second kappa shape index (κ2) is 7.81. The van der Waals surface area contributed by atoms with Gasteiger partial charge in [0.25, 0.3) is 0 Å². The van der Waals surface area contributed by atoms with Crippen molar-refractivity contribution in [3.05, 3.63) is 34.6 Å². The van der Waals surface area contributed by atoms with Crippen LogP contribution in [-0.2, 0) is 11.2 Å². The van der Waals surface area contributed by atoms with Gasteiger partial charge in [-0.1, -0.05) is 24.1 Å². The molecule has 1 aliphatic rings. The number of hydrogen-bond acceptors (Lipinski definition) is 2. The molecule has 112 valence electrons. The van der Waals surface area contributed by atoms with Crippen molar-refractivity contribution in [2.45, 2.75) is 31.7 Å². The van der Waals surface area contributed by atoms with Crippen molar-refractivity contribution in [3.8, 4) is 0 Å². The molecule has 20 heavy (non-hydrogen) atoms. The summed E-state index contributed by atoms with van der Waals surface area (Å²) in [5.74, 6) is -1.12. The standard InChI is InChI=1S/C14H17ClFNO2.ClH/c15-11-4-3-5-12(16)10(11)7-9-17-8-2-1-6-13(17)14(18)19;/h3-5,13H,1-2,6-9H2,(H,18,19);1H. The molecular weight excluding hydrogens is 304 g/mol. The average Bonchev–Trinajstić information content (AvgIpc) is 2.38. The van der Waals surface area contributed by atoms with Crippen molar-refractivity contribution in [1.82, 2.24) is 4.90 Å². The molecule has 1 heterocycles. The Labute approximate surface area is 129 Å². The molecule has 0 saturated carbocycles. The maximum absolute atomic E-state index is 13.6. The van der Waals surface area contributed by atoms with Gasteiger partial charge in [0.2, 0.25) is 0 Å². The molecule has 1 N–H and O–H groups in total. The van der Waals surface area contributed by atoms with Gasteiger partial charge >= 0.3 is 5.97 Å². The van der Waals surface area contributed by atoms with E-state index >= 15 is 0 Å². The third kappa shape index (κ3) is 4.08. The first kappa shape index (κ1) is 17.2. The van der Waals surface area contributed by atoms with Crippen LogP contribution in [0.5, 0.6) is 0 Å². The maximum Gasteiger partial charge on any atom is 0.320 e. The van der Waals surface area contributed by atoms with Crippen molar-refractivity contribution in [1.29, 1.82) is 0 Å². The third-order valence-corrected chi connectivity index (χ3v) is 3.96. The van der Waals surface area contributed by atoms with Crippen LogP contribution in [0.4, 0.5) is 4.39 Å². The number of benzene rings is 1. The summed E-state index contributed by atoms with van der Waals surface area (Å²) in [4.78, 5) is 13.1. The Bertz CT molecular complexity index is 450. The predicted octanol–water partition coefficient (Wildman–Crippen LogP) is 3.38. The molecule has 2 rings (SSSR count). The van der Waals surface area contributed by atoms with Crippen molar-refractivity contribution in [3.63, 3.8) is 0 Å². The number of carbonyl (C=O) groups is 1. The van der Waals surface area contributed by atoms with Crippen molar-refractivity contribution in [2.24, 2.45) is 0 Å². The van der Waals surface area contributed by atoms with E-state index in [9.17, 15) is 14.3 Å². The fraction of sp³-hybridized carbons (Fsp3) is 0.500. The lowest BCUT2D eigenvalue weighted by Crippen LogP contribution is -2.45. The van der Waals surface area contributed by atoms with Crippen LogP contribution < -0.4 is 0 Å². The van der Waals surface area contributed by atoms with Crippen LogP contribution in [0.3, 0.4) is 0 Å². The summed E-state index contributed by atoms with van der Waals surface area (Å²) in [5, 5.41) is 9.58. The van der Waals surface area contributed by atoms with E-state index in [1.54, 1.807) is 12.1 Å². The highest BCUT2D eigenvalue weighted by molar-refractivity contribution is 6.31. The molecule has 0 radical (unpaired) electrons. The number of nitrogens with zero attached hydrogens (tertiary/aromatic N) is 1. The molecule has 1 aromatic carbocycles. The van der Waals surface area contributed by atoms with Gasteiger partial charge in [0.15, 0.2) is 0 Å². The predicted molar refractivity (Wildman–Crippen MR) is 79.2 cm³/mol. The largest absolute Gasteiger partial charge is 0.480 e. The molecule has 3 nitrogen and oxygen atoms in total. The minimum absolute atomic E-state index is 0. The lowest BCUT2D eigenvalue weighted by molar-refractivity contribution is -0.144. The first-order chi connectivity index (χ1) is 9.09. The molecule has 1 atom stereocenters. The molecular formula is C14H18Cl2FNO2. The molecule has 6 heteroatoms. The second-order valence-corrected chi connectivity index (χ2v) is 5.24. The van der Waals surface area contributed by atoms with Gasteiger partial charge in [-0.25, -0.2) is 4.39 Å². The summed E-state index contributed by atoms with van der Waals surface area (Å²) in [7, 11) is 0. The highest BCUT2D eigenvalue weighted by atomic mass is 35.5.